The van der Waals surface area contributed by atoms with Crippen LogP contribution in [-0.4, -0.2) is 25.5 Å². The molecule has 1 unspecified atom stereocenters. The minimum Gasteiger partial charge on any atom is -0.327 e. The second-order valence-electron chi connectivity index (χ2n) is 4.88. The van der Waals surface area contributed by atoms with Crippen molar-refractivity contribution < 1.29 is 8.42 Å². The molecular weight excluding hydrogens is 210 g/mol. The van der Waals surface area contributed by atoms with E-state index in [0.29, 0.717) is 5.92 Å². The molecule has 4 heteroatoms. The molecule has 1 saturated carbocycles. The molecule has 0 saturated heterocycles. The fourth-order valence-electron chi connectivity index (χ4n) is 2.14. The lowest BCUT2D eigenvalue weighted by atomic mass is 9.91. The van der Waals surface area contributed by atoms with Gasteiger partial charge in [-0.2, -0.15) is 0 Å². The van der Waals surface area contributed by atoms with Crippen molar-refractivity contribution in [1.29, 1.82) is 0 Å². The largest absolute Gasteiger partial charge is 0.327 e. The van der Waals surface area contributed by atoms with Crippen LogP contribution in [0.2, 0.25) is 0 Å². The Kier molecular flexibility index (Phi) is 4.59. The van der Waals surface area contributed by atoms with Gasteiger partial charge in [-0.1, -0.05) is 13.8 Å². The van der Waals surface area contributed by atoms with E-state index < -0.39 is 9.84 Å². The molecule has 0 heterocycles. The van der Waals surface area contributed by atoms with Crippen molar-refractivity contribution in [3.8, 4) is 0 Å². The van der Waals surface area contributed by atoms with Crippen molar-refractivity contribution >= 4 is 9.84 Å². The van der Waals surface area contributed by atoms with Crippen molar-refractivity contribution in [3.05, 3.63) is 0 Å². The van der Waals surface area contributed by atoms with E-state index in [9.17, 15) is 8.42 Å². The predicted octanol–water partition coefficient (Wildman–Crippen LogP) is 1.72. The normalized spacial score (nSPS) is 30.1. The summed E-state index contributed by atoms with van der Waals surface area (Å²) in [4.78, 5) is 0. The van der Waals surface area contributed by atoms with E-state index in [1.54, 1.807) is 0 Å². The molecule has 1 atom stereocenters. The Balaban J connectivity index is 2.54. The molecule has 2 N–H and O–H groups in total. The smallest absolute Gasteiger partial charge is 0.154 e. The molecule has 0 aromatic rings. The summed E-state index contributed by atoms with van der Waals surface area (Å²) in [6.45, 7) is 4.13. The van der Waals surface area contributed by atoms with Crippen LogP contribution in [0.4, 0.5) is 0 Å². The first-order valence-electron chi connectivity index (χ1n) is 5.92. The Bertz CT molecular complexity index is 279. The topological polar surface area (TPSA) is 60.2 Å². The summed E-state index contributed by atoms with van der Waals surface area (Å²) >= 11 is 0. The zero-order chi connectivity index (χ0) is 11.5. The van der Waals surface area contributed by atoms with Crippen molar-refractivity contribution in [1.82, 2.24) is 0 Å². The van der Waals surface area contributed by atoms with Gasteiger partial charge in [0.1, 0.15) is 0 Å². The molecule has 15 heavy (non-hydrogen) atoms. The summed E-state index contributed by atoms with van der Waals surface area (Å²) in [5.41, 5.74) is 5.71. The van der Waals surface area contributed by atoms with Gasteiger partial charge in [0.25, 0.3) is 0 Å². The van der Waals surface area contributed by atoms with Gasteiger partial charge in [0, 0.05) is 6.04 Å². The SMILES string of the molecule is CCC(N)CS(=O)(=O)C1CCC(C)CC1. The first-order valence-corrected chi connectivity index (χ1v) is 7.64. The molecule has 0 aromatic heterocycles. The molecule has 0 spiro atoms. The van der Waals surface area contributed by atoms with Crippen LogP contribution in [0, 0.1) is 5.92 Å². The van der Waals surface area contributed by atoms with E-state index in [1.807, 2.05) is 6.92 Å². The van der Waals surface area contributed by atoms with E-state index in [1.165, 1.54) is 0 Å². The summed E-state index contributed by atoms with van der Waals surface area (Å²) in [6, 6.07) is -0.186. The quantitative estimate of drug-likeness (QED) is 0.804. The van der Waals surface area contributed by atoms with E-state index in [4.69, 9.17) is 5.73 Å². The van der Waals surface area contributed by atoms with Crippen LogP contribution in [0.25, 0.3) is 0 Å². The van der Waals surface area contributed by atoms with Crippen molar-refractivity contribution in [3.63, 3.8) is 0 Å². The van der Waals surface area contributed by atoms with Crippen LogP contribution >= 0.6 is 0 Å². The molecule has 90 valence electrons. The highest BCUT2D eigenvalue weighted by molar-refractivity contribution is 7.92. The monoisotopic (exact) mass is 233 g/mol. The van der Waals surface area contributed by atoms with Crippen LogP contribution in [0.15, 0.2) is 0 Å². The Morgan fingerprint density at radius 2 is 1.80 bits per heavy atom. The van der Waals surface area contributed by atoms with Gasteiger partial charge in [-0.05, 0) is 38.0 Å². The van der Waals surface area contributed by atoms with E-state index >= 15 is 0 Å². The van der Waals surface area contributed by atoms with Gasteiger partial charge in [0.05, 0.1) is 11.0 Å². The zero-order valence-corrected chi connectivity index (χ0v) is 10.6. The Hall–Kier alpha value is -0.0900. The Morgan fingerprint density at radius 3 is 2.27 bits per heavy atom. The second kappa shape index (κ2) is 5.30. The third-order valence-corrected chi connectivity index (χ3v) is 5.82. The maximum absolute atomic E-state index is 12.0. The fourth-order valence-corrected chi connectivity index (χ4v) is 4.24. The first-order chi connectivity index (χ1) is 6.95. The third-order valence-electron chi connectivity index (χ3n) is 3.44. The Labute approximate surface area is 93.3 Å². The number of nitrogens with two attached hydrogens (primary N) is 1. The first kappa shape index (κ1) is 13.0. The minimum atomic E-state index is -2.94. The highest BCUT2D eigenvalue weighted by Crippen LogP contribution is 2.28. The average molecular weight is 233 g/mol. The molecule has 0 aromatic carbocycles. The van der Waals surface area contributed by atoms with Gasteiger partial charge in [0.2, 0.25) is 0 Å². The molecule has 3 nitrogen and oxygen atoms in total. The Morgan fingerprint density at radius 1 is 1.27 bits per heavy atom. The van der Waals surface area contributed by atoms with E-state index in [-0.39, 0.29) is 17.0 Å². The van der Waals surface area contributed by atoms with E-state index in [0.717, 1.165) is 32.1 Å². The maximum Gasteiger partial charge on any atom is 0.154 e. The van der Waals surface area contributed by atoms with Gasteiger partial charge >= 0.3 is 0 Å². The highest BCUT2D eigenvalue weighted by Gasteiger charge is 2.30. The molecule has 1 fully saturated rings. The van der Waals surface area contributed by atoms with Crippen molar-refractivity contribution in [2.45, 2.75) is 57.2 Å². The minimum absolute atomic E-state index is 0.119. The lowest BCUT2D eigenvalue weighted by Gasteiger charge is -2.26. The van der Waals surface area contributed by atoms with Gasteiger partial charge in [0.15, 0.2) is 9.84 Å². The third kappa shape index (κ3) is 3.76. The number of rotatable bonds is 4. The van der Waals surface area contributed by atoms with Crippen LogP contribution in [0.1, 0.15) is 46.0 Å². The molecule has 0 radical (unpaired) electrons. The summed E-state index contributed by atoms with van der Waals surface area (Å²) in [5, 5.41) is -0.119. The van der Waals surface area contributed by atoms with Crippen LogP contribution < -0.4 is 5.73 Å². The lowest BCUT2D eigenvalue weighted by molar-refractivity contribution is 0.382. The number of hydrogen-bond donors (Lipinski definition) is 1. The summed E-state index contributed by atoms with van der Waals surface area (Å²) in [6.07, 6.45) is 4.50. The zero-order valence-electron chi connectivity index (χ0n) is 9.78. The number of sulfone groups is 1. The summed E-state index contributed by atoms with van der Waals surface area (Å²) in [7, 11) is -2.94. The molecule has 1 aliphatic rings. The number of hydrogen-bond acceptors (Lipinski definition) is 3. The summed E-state index contributed by atoms with van der Waals surface area (Å²) < 4.78 is 24.0. The predicted molar refractivity (Wildman–Crippen MR) is 63.5 cm³/mol. The van der Waals surface area contributed by atoms with Gasteiger partial charge in [-0.25, -0.2) is 8.42 Å². The van der Waals surface area contributed by atoms with Crippen LogP contribution in [0.3, 0.4) is 0 Å². The molecule has 0 amide bonds. The molecule has 0 aliphatic heterocycles. The average Bonchev–Trinajstić information content (AvgIpc) is 2.17. The summed E-state index contributed by atoms with van der Waals surface area (Å²) in [5.74, 6) is 0.860. The van der Waals surface area contributed by atoms with Crippen molar-refractivity contribution in [2.75, 3.05) is 5.75 Å². The van der Waals surface area contributed by atoms with Gasteiger partial charge in [-0.3, -0.25) is 0 Å². The van der Waals surface area contributed by atoms with Crippen LogP contribution in [0.5, 0.6) is 0 Å². The van der Waals surface area contributed by atoms with Gasteiger partial charge < -0.3 is 5.73 Å². The molecular formula is C11H23NO2S. The fraction of sp³-hybridized carbons (Fsp3) is 1.00. The highest BCUT2D eigenvalue weighted by atomic mass is 32.2. The molecule has 1 aliphatic carbocycles. The lowest BCUT2D eigenvalue weighted by Crippen LogP contribution is -2.36. The van der Waals surface area contributed by atoms with Crippen LogP contribution in [-0.2, 0) is 9.84 Å². The van der Waals surface area contributed by atoms with Gasteiger partial charge in [-0.15, -0.1) is 0 Å². The molecule has 0 bridgehead atoms. The standard InChI is InChI=1S/C11H23NO2S/c1-3-10(12)8-15(13,14)11-6-4-9(2)5-7-11/h9-11H,3-8,12H2,1-2H3. The second-order valence-corrected chi connectivity index (χ2v) is 7.21. The molecule has 1 rings (SSSR count). The van der Waals surface area contributed by atoms with E-state index in [2.05, 4.69) is 6.92 Å². The maximum atomic E-state index is 12.0. The van der Waals surface area contributed by atoms with Crippen molar-refractivity contribution in [2.24, 2.45) is 11.7 Å².